The molecule has 4 rings (SSSR count). The first-order chi connectivity index (χ1) is 13.7. The van der Waals surface area contributed by atoms with Crippen LogP contribution in [-0.2, 0) is 22.5 Å². The summed E-state index contributed by atoms with van der Waals surface area (Å²) in [4.78, 5) is 15.4. The Bertz CT molecular complexity index is 816. The van der Waals surface area contributed by atoms with Crippen molar-refractivity contribution in [1.82, 2.24) is 4.90 Å². The monoisotopic (exact) mass is 381 g/mol. The van der Waals surface area contributed by atoms with Gasteiger partial charge in [-0.25, -0.2) is 0 Å². The van der Waals surface area contributed by atoms with Gasteiger partial charge in [0, 0.05) is 19.7 Å². The van der Waals surface area contributed by atoms with E-state index in [4.69, 9.17) is 14.2 Å². The van der Waals surface area contributed by atoms with Crippen LogP contribution in [0, 0.1) is 5.92 Å². The molecule has 0 aromatic heterocycles. The summed E-state index contributed by atoms with van der Waals surface area (Å²) in [6.07, 6.45) is 2.90. The predicted octanol–water partition coefficient (Wildman–Crippen LogP) is 3.45. The summed E-state index contributed by atoms with van der Waals surface area (Å²) >= 11 is 0. The van der Waals surface area contributed by atoms with Crippen molar-refractivity contribution in [3.8, 4) is 11.5 Å². The highest BCUT2D eigenvalue weighted by Crippen LogP contribution is 2.28. The number of rotatable bonds is 6. The Kier molecular flexibility index (Phi) is 5.81. The molecule has 0 saturated carbocycles. The maximum absolute atomic E-state index is 13.4. The topological polar surface area (TPSA) is 48.0 Å². The van der Waals surface area contributed by atoms with Crippen molar-refractivity contribution in [3.05, 3.63) is 59.7 Å². The molecule has 0 bridgehead atoms. The molecule has 1 amide bonds. The summed E-state index contributed by atoms with van der Waals surface area (Å²) in [5.74, 6) is 1.66. The van der Waals surface area contributed by atoms with Gasteiger partial charge in [0.1, 0.15) is 18.1 Å². The summed E-state index contributed by atoms with van der Waals surface area (Å²) in [7, 11) is 1.66. The first-order valence-electron chi connectivity index (χ1n) is 9.97. The normalized spacial score (nSPS) is 20.9. The number of carbonyl (C=O) groups is 1. The number of carbonyl (C=O) groups excluding carboxylic acids is 1. The first-order valence-corrected chi connectivity index (χ1v) is 9.97. The number of nitrogens with zero attached hydrogens (tertiary/aromatic N) is 1. The van der Waals surface area contributed by atoms with E-state index in [1.54, 1.807) is 7.11 Å². The van der Waals surface area contributed by atoms with E-state index in [2.05, 4.69) is 0 Å². The van der Waals surface area contributed by atoms with Crippen LogP contribution in [0.25, 0.3) is 0 Å². The van der Waals surface area contributed by atoms with E-state index in [9.17, 15) is 4.79 Å². The number of hydrogen-bond donors (Lipinski definition) is 0. The summed E-state index contributed by atoms with van der Waals surface area (Å²) in [6, 6.07) is 15.9. The highest BCUT2D eigenvalue weighted by atomic mass is 16.5. The summed E-state index contributed by atoms with van der Waals surface area (Å²) in [5, 5.41) is 0. The molecule has 2 aliphatic heterocycles. The number of amides is 1. The van der Waals surface area contributed by atoms with Gasteiger partial charge in [-0.3, -0.25) is 4.79 Å². The van der Waals surface area contributed by atoms with E-state index < -0.39 is 0 Å². The van der Waals surface area contributed by atoms with Crippen LogP contribution in [0.1, 0.15) is 24.0 Å². The fourth-order valence-corrected chi connectivity index (χ4v) is 4.00. The smallest absolute Gasteiger partial charge is 0.229 e. The van der Waals surface area contributed by atoms with E-state index in [1.807, 2.05) is 53.4 Å². The molecule has 0 spiro atoms. The maximum Gasteiger partial charge on any atom is 0.229 e. The molecule has 5 nitrogen and oxygen atoms in total. The second-order valence-corrected chi connectivity index (χ2v) is 7.53. The van der Waals surface area contributed by atoms with Gasteiger partial charge in [-0.15, -0.1) is 0 Å². The van der Waals surface area contributed by atoms with Gasteiger partial charge in [-0.2, -0.15) is 0 Å². The zero-order chi connectivity index (χ0) is 19.3. The number of para-hydroxylation sites is 1. The van der Waals surface area contributed by atoms with Crippen LogP contribution in [0.2, 0.25) is 0 Å². The third kappa shape index (κ3) is 4.30. The van der Waals surface area contributed by atoms with Crippen molar-refractivity contribution in [1.29, 1.82) is 0 Å². The summed E-state index contributed by atoms with van der Waals surface area (Å²) < 4.78 is 17.0. The fraction of sp³-hybridized carbons (Fsp3) is 0.435. The van der Waals surface area contributed by atoms with E-state index in [1.165, 1.54) is 0 Å². The van der Waals surface area contributed by atoms with Crippen LogP contribution in [0.15, 0.2) is 48.5 Å². The maximum atomic E-state index is 13.4. The highest BCUT2D eigenvalue weighted by Gasteiger charge is 2.31. The average molecular weight is 381 g/mol. The molecule has 0 N–H and O–H groups in total. The molecule has 2 aromatic rings. The zero-order valence-electron chi connectivity index (χ0n) is 16.3. The molecule has 2 atom stereocenters. The van der Waals surface area contributed by atoms with Gasteiger partial charge in [-0.1, -0.05) is 30.3 Å². The highest BCUT2D eigenvalue weighted by molar-refractivity contribution is 5.80. The molecule has 1 fully saturated rings. The molecule has 28 heavy (non-hydrogen) atoms. The van der Waals surface area contributed by atoms with Crippen molar-refractivity contribution in [3.63, 3.8) is 0 Å². The van der Waals surface area contributed by atoms with Crippen molar-refractivity contribution >= 4 is 5.91 Å². The Labute approximate surface area is 166 Å². The largest absolute Gasteiger partial charge is 0.497 e. The van der Waals surface area contributed by atoms with E-state index in [-0.39, 0.29) is 17.9 Å². The van der Waals surface area contributed by atoms with Gasteiger partial charge >= 0.3 is 0 Å². The van der Waals surface area contributed by atoms with Gasteiger partial charge in [-0.05, 0) is 48.6 Å². The Balaban J connectivity index is 1.51. The van der Waals surface area contributed by atoms with Gasteiger partial charge in [0.25, 0.3) is 0 Å². The Hall–Kier alpha value is -2.53. The zero-order valence-corrected chi connectivity index (χ0v) is 16.3. The van der Waals surface area contributed by atoms with E-state index >= 15 is 0 Å². The quantitative estimate of drug-likeness (QED) is 0.769. The SMILES string of the molecule is COc1cccc(CN(CC2CCCO2)C(=O)C2COc3ccccc3C2)c1. The van der Waals surface area contributed by atoms with Crippen molar-refractivity contribution in [2.75, 3.05) is 26.9 Å². The van der Waals surface area contributed by atoms with E-state index in [0.717, 1.165) is 48.5 Å². The molecule has 0 radical (unpaired) electrons. The van der Waals surface area contributed by atoms with Gasteiger partial charge in [0.2, 0.25) is 5.91 Å². The predicted molar refractivity (Wildman–Crippen MR) is 107 cm³/mol. The molecule has 1 saturated heterocycles. The lowest BCUT2D eigenvalue weighted by Crippen LogP contribution is -2.43. The molecule has 2 unspecified atom stereocenters. The van der Waals surface area contributed by atoms with Gasteiger partial charge < -0.3 is 19.1 Å². The van der Waals surface area contributed by atoms with Crippen molar-refractivity contribution in [2.45, 2.75) is 31.9 Å². The number of methoxy groups -OCH3 is 1. The van der Waals surface area contributed by atoms with Crippen LogP contribution in [0.4, 0.5) is 0 Å². The minimum atomic E-state index is -0.165. The fourth-order valence-electron chi connectivity index (χ4n) is 4.00. The lowest BCUT2D eigenvalue weighted by Gasteiger charge is -2.32. The van der Waals surface area contributed by atoms with E-state index in [0.29, 0.717) is 19.7 Å². The van der Waals surface area contributed by atoms with Crippen LogP contribution < -0.4 is 9.47 Å². The molecule has 2 aliphatic rings. The number of fused-ring (bicyclic) bond motifs is 1. The van der Waals surface area contributed by atoms with Crippen molar-refractivity contribution < 1.29 is 19.0 Å². The second kappa shape index (κ2) is 8.65. The molecule has 5 heteroatoms. The van der Waals surface area contributed by atoms with Crippen LogP contribution in [-0.4, -0.2) is 43.8 Å². The lowest BCUT2D eigenvalue weighted by molar-refractivity contribution is -0.139. The third-order valence-corrected chi connectivity index (χ3v) is 5.50. The standard InChI is InChI=1S/C23H27NO4/c1-26-20-8-4-6-17(12-20)14-24(15-21-9-5-11-27-21)23(25)19-13-18-7-2-3-10-22(18)28-16-19/h2-4,6-8,10,12,19,21H,5,9,11,13-16H2,1H3. The Morgan fingerprint density at radius 3 is 2.93 bits per heavy atom. The molecular weight excluding hydrogens is 354 g/mol. The average Bonchev–Trinajstić information content (AvgIpc) is 3.25. The van der Waals surface area contributed by atoms with Crippen LogP contribution in [0.5, 0.6) is 11.5 Å². The lowest BCUT2D eigenvalue weighted by atomic mass is 9.95. The molecule has 148 valence electrons. The second-order valence-electron chi connectivity index (χ2n) is 7.53. The molecule has 2 heterocycles. The van der Waals surface area contributed by atoms with Crippen LogP contribution >= 0.6 is 0 Å². The molecular formula is C23H27NO4. The van der Waals surface area contributed by atoms with Crippen molar-refractivity contribution in [2.24, 2.45) is 5.92 Å². The number of ether oxygens (including phenoxy) is 3. The third-order valence-electron chi connectivity index (χ3n) is 5.50. The van der Waals surface area contributed by atoms with Gasteiger partial charge in [0.05, 0.1) is 19.1 Å². The Morgan fingerprint density at radius 2 is 2.11 bits per heavy atom. The Morgan fingerprint density at radius 1 is 1.21 bits per heavy atom. The minimum absolute atomic E-state index is 0.117. The minimum Gasteiger partial charge on any atom is -0.497 e. The first kappa shape index (κ1) is 18.8. The number of hydrogen-bond acceptors (Lipinski definition) is 4. The number of benzene rings is 2. The summed E-state index contributed by atoms with van der Waals surface area (Å²) in [5.41, 5.74) is 2.16. The molecule has 0 aliphatic carbocycles. The molecule has 2 aromatic carbocycles. The van der Waals surface area contributed by atoms with Gasteiger partial charge in [0.15, 0.2) is 0 Å². The summed E-state index contributed by atoms with van der Waals surface area (Å²) in [6.45, 7) is 2.38. The van der Waals surface area contributed by atoms with Crippen LogP contribution in [0.3, 0.4) is 0 Å².